The predicted molar refractivity (Wildman–Crippen MR) is 60.2 cm³/mol. The van der Waals surface area contributed by atoms with E-state index in [2.05, 4.69) is 9.17 Å². The minimum absolute atomic E-state index is 0.181. The van der Waals surface area contributed by atoms with Crippen molar-refractivity contribution in [2.75, 3.05) is 0 Å². The van der Waals surface area contributed by atoms with E-state index in [1.165, 1.54) is 6.07 Å². The molecule has 84 valence electrons. The number of pyridine rings is 1. The Morgan fingerprint density at radius 2 is 2.00 bits per heavy atom. The molecule has 0 fully saturated rings. The monoisotopic (exact) mass is 238 g/mol. The Morgan fingerprint density at radius 3 is 2.69 bits per heavy atom. The Balaban J connectivity index is 2.49. The van der Waals surface area contributed by atoms with Crippen molar-refractivity contribution in [1.29, 1.82) is 0 Å². The first-order valence-corrected chi connectivity index (χ1v) is 6.01. The summed E-state index contributed by atoms with van der Waals surface area (Å²) in [5, 5.41) is 5.57. The van der Waals surface area contributed by atoms with Crippen LogP contribution in [0.25, 0.3) is 10.9 Å². The second-order valence-corrected chi connectivity index (χ2v) is 4.54. The van der Waals surface area contributed by atoms with E-state index >= 15 is 0 Å². The first-order chi connectivity index (χ1) is 7.44. The second kappa shape index (κ2) is 3.73. The average molecular weight is 238 g/mol. The fraction of sp³-hybridized carbons (Fsp3) is 0.100. The second-order valence-electron chi connectivity index (χ2n) is 3.38. The van der Waals surface area contributed by atoms with Gasteiger partial charge in [0.25, 0.3) is 0 Å². The fourth-order valence-electron chi connectivity index (χ4n) is 1.39. The molecule has 0 aliphatic heterocycles. The zero-order valence-electron chi connectivity index (χ0n) is 8.54. The highest BCUT2D eigenvalue weighted by atomic mass is 32.2. The lowest BCUT2D eigenvalue weighted by molar-refractivity contribution is 0.488. The van der Waals surface area contributed by atoms with E-state index in [-0.39, 0.29) is 5.75 Å². The molecule has 16 heavy (non-hydrogen) atoms. The number of fused-ring (bicyclic) bond motifs is 1. The first-order valence-electron chi connectivity index (χ1n) is 4.54. The topological polar surface area (TPSA) is 82.3 Å². The van der Waals surface area contributed by atoms with Crippen LogP contribution in [0.15, 0.2) is 30.3 Å². The largest absolute Gasteiger partial charge is 0.380 e. The van der Waals surface area contributed by atoms with Crippen molar-refractivity contribution in [1.82, 2.24) is 4.98 Å². The lowest BCUT2D eigenvalue weighted by Gasteiger charge is -2.04. The molecule has 1 heterocycles. The van der Waals surface area contributed by atoms with E-state index in [0.717, 1.165) is 16.6 Å². The molecule has 1 aromatic heterocycles. The van der Waals surface area contributed by atoms with Gasteiger partial charge >= 0.3 is 10.3 Å². The van der Waals surface area contributed by atoms with Crippen LogP contribution in [0.1, 0.15) is 5.69 Å². The number of hydrogen-bond donors (Lipinski definition) is 1. The maximum atomic E-state index is 10.7. The Hall–Kier alpha value is -1.66. The van der Waals surface area contributed by atoms with E-state index in [9.17, 15) is 8.42 Å². The number of hydrogen-bond acceptors (Lipinski definition) is 4. The highest BCUT2D eigenvalue weighted by Crippen LogP contribution is 2.20. The summed E-state index contributed by atoms with van der Waals surface area (Å²) in [4.78, 5) is 4.28. The molecule has 0 spiro atoms. The van der Waals surface area contributed by atoms with Gasteiger partial charge in [-0.15, -0.1) is 0 Å². The van der Waals surface area contributed by atoms with Gasteiger partial charge in [0, 0.05) is 11.1 Å². The summed E-state index contributed by atoms with van der Waals surface area (Å²) in [6, 6.07) is 8.45. The molecular formula is C10H10N2O3S. The molecule has 5 nitrogen and oxygen atoms in total. The minimum atomic E-state index is -3.97. The van der Waals surface area contributed by atoms with Crippen LogP contribution in [0, 0.1) is 6.92 Å². The molecule has 0 saturated heterocycles. The van der Waals surface area contributed by atoms with Crippen LogP contribution in [-0.2, 0) is 10.3 Å². The summed E-state index contributed by atoms with van der Waals surface area (Å²) >= 11 is 0. The lowest BCUT2D eigenvalue weighted by atomic mass is 10.2. The standard InChI is InChI=1S/C10H10N2O3S/c1-7-2-3-8-6-9(15-16(11,13)14)4-5-10(8)12-7/h2-6H,1H3,(H2,11,13,14). The van der Waals surface area contributed by atoms with E-state index in [4.69, 9.17) is 5.14 Å². The van der Waals surface area contributed by atoms with Crippen molar-refractivity contribution in [2.45, 2.75) is 6.92 Å². The number of benzene rings is 1. The van der Waals surface area contributed by atoms with Crippen LogP contribution in [0.5, 0.6) is 5.75 Å². The van der Waals surface area contributed by atoms with Crippen LogP contribution < -0.4 is 9.32 Å². The van der Waals surface area contributed by atoms with E-state index in [1.807, 2.05) is 19.1 Å². The summed E-state index contributed by atoms with van der Waals surface area (Å²) in [6.45, 7) is 1.88. The number of nitrogens with zero attached hydrogens (tertiary/aromatic N) is 1. The maximum Gasteiger partial charge on any atom is 0.380 e. The molecule has 0 amide bonds. The van der Waals surface area contributed by atoms with Gasteiger partial charge in [-0.3, -0.25) is 4.98 Å². The first kappa shape index (κ1) is 10.8. The zero-order valence-corrected chi connectivity index (χ0v) is 9.36. The molecule has 2 N–H and O–H groups in total. The van der Waals surface area contributed by atoms with E-state index in [0.29, 0.717) is 0 Å². The molecule has 0 radical (unpaired) electrons. The molecule has 6 heteroatoms. The maximum absolute atomic E-state index is 10.7. The average Bonchev–Trinajstić information content (AvgIpc) is 2.16. The van der Waals surface area contributed by atoms with Gasteiger partial charge in [0.05, 0.1) is 5.52 Å². The van der Waals surface area contributed by atoms with Gasteiger partial charge in [-0.2, -0.15) is 13.6 Å². The van der Waals surface area contributed by atoms with Gasteiger partial charge in [-0.1, -0.05) is 6.07 Å². The number of nitrogens with two attached hydrogens (primary N) is 1. The Kier molecular flexibility index (Phi) is 2.53. The van der Waals surface area contributed by atoms with Crippen LogP contribution in [0.2, 0.25) is 0 Å². The van der Waals surface area contributed by atoms with Gasteiger partial charge in [0.2, 0.25) is 0 Å². The van der Waals surface area contributed by atoms with Gasteiger partial charge < -0.3 is 4.18 Å². The minimum Gasteiger partial charge on any atom is -0.371 e. The predicted octanol–water partition coefficient (Wildman–Crippen LogP) is 1.13. The Morgan fingerprint density at radius 1 is 1.25 bits per heavy atom. The third kappa shape index (κ3) is 2.47. The summed E-state index contributed by atoms with van der Waals surface area (Å²) in [5.41, 5.74) is 1.68. The van der Waals surface area contributed by atoms with E-state index in [1.54, 1.807) is 12.1 Å². The quantitative estimate of drug-likeness (QED) is 0.850. The van der Waals surface area contributed by atoms with Gasteiger partial charge in [-0.25, -0.2) is 0 Å². The van der Waals surface area contributed by atoms with Crippen LogP contribution in [0.4, 0.5) is 0 Å². The van der Waals surface area contributed by atoms with Crippen LogP contribution in [-0.4, -0.2) is 13.4 Å². The summed E-state index contributed by atoms with van der Waals surface area (Å²) in [7, 11) is -3.97. The van der Waals surface area contributed by atoms with Crippen LogP contribution >= 0.6 is 0 Å². The highest BCUT2D eigenvalue weighted by Gasteiger charge is 2.05. The van der Waals surface area contributed by atoms with E-state index < -0.39 is 10.3 Å². The molecule has 0 bridgehead atoms. The molecule has 1 aromatic carbocycles. The van der Waals surface area contributed by atoms with Crippen molar-refractivity contribution in [2.24, 2.45) is 5.14 Å². The number of aryl methyl sites for hydroxylation is 1. The molecule has 0 unspecified atom stereocenters. The molecule has 0 saturated carbocycles. The van der Waals surface area contributed by atoms with Crippen molar-refractivity contribution >= 4 is 21.2 Å². The highest BCUT2D eigenvalue weighted by molar-refractivity contribution is 7.84. The van der Waals surface area contributed by atoms with Crippen molar-refractivity contribution in [3.63, 3.8) is 0 Å². The molecule has 0 aliphatic carbocycles. The summed E-state index contributed by atoms with van der Waals surface area (Å²) in [5.74, 6) is 0.181. The molecular weight excluding hydrogens is 228 g/mol. The van der Waals surface area contributed by atoms with Gasteiger partial charge in [0.1, 0.15) is 5.75 Å². The van der Waals surface area contributed by atoms with Crippen molar-refractivity contribution in [3.05, 3.63) is 36.0 Å². The molecule has 2 rings (SSSR count). The zero-order chi connectivity index (χ0) is 11.8. The van der Waals surface area contributed by atoms with Crippen molar-refractivity contribution in [3.8, 4) is 5.75 Å². The Bertz CT molecular complexity index is 638. The molecule has 0 aliphatic rings. The van der Waals surface area contributed by atoms with Gasteiger partial charge in [0.15, 0.2) is 0 Å². The number of aromatic nitrogens is 1. The SMILES string of the molecule is Cc1ccc2cc(OS(N)(=O)=O)ccc2n1. The van der Waals surface area contributed by atoms with Crippen LogP contribution in [0.3, 0.4) is 0 Å². The lowest BCUT2D eigenvalue weighted by Crippen LogP contribution is -2.18. The van der Waals surface area contributed by atoms with Gasteiger partial charge in [-0.05, 0) is 31.2 Å². The molecule has 2 aromatic rings. The Labute approximate surface area is 93.1 Å². The fourth-order valence-corrected chi connectivity index (χ4v) is 1.76. The normalized spacial score (nSPS) is 11.6. The summed E-state index contributed by atoms with van der Waals surface area (Å²) in [6.07, 6.45) is 0. The third-order valence-electron chi connectivity index (χ3n) is 2.01. The smallest absolute Gasteiger partial charge is 0.371 e. The van der Waals surface area contributed by atoms with Crippen molar-refractivity contribution < 1.29 is 12.6 Å². The third-order valence-corrected chi connectivity index (χ3v) is 2.44. The molecule has 0 atom stereocenters. The summed E-state index contributed by atoms with van der Waals surface area (Å²) < 4.78 is 26.0. The number of rotatable bonds is 2.